The molecule has 1 amide bonds. The fourth-order valence-electron chi connectivity index (χ4n) is 8.69. The van der Waals surface area contributed by atoms with Crippen LogP contribution in [0.4, 0.5) is 10.1 Å². The Labute approximate surface area is 386 Å². The second-order valence-electron chi connectivity index (χ2n) is 16.7. The maximum absolute atomic E-state index is 13.9. The highest BCUT2D eigenvalue weighted by Gasteiger charge is 2.49. The molecule has 10 heteroatoms. The van der Waals surface area contributed by atoms with Gasteiger partial charge in [0.1, 0.15) is 30.2 Å². The number of anilines is 1. The summed E-state index contributed by atoms with van der Waals surface area (Å²) in [6.07, 6.45) is 2.59. The summed E-state index contributed by atoms with van der Waals surface area (Å²) in [6, 6.07) is 54.0. The van der Waals surface area contributed by atoms with Crippen LogP contribution < -0.4 is 4.90 Å². The second kappa shape index (κ2) is 23.3. The number of halogens is 1. The van der Waals surface area contributed by atoms with E-state index in [2.05, 4.69) is 24.3 Å². The maximum atomic E-state index is 13.9. The number of carbonyl (C=O) groups excluding carboxylic acids is 2. The largest absolute Gasteiger partial charge is 0.469 e. The molecule has 2 fully saturated rings. The third kappa shape index (κ3) is 12.1. The minimum atomic E-state index is -0.539. The lowest BCUT2D eigenvalue weighted by molar-refractivity contribution is -0.271. The molecule has 66 heavy (non-hydrogen) atoms. The van der Waals surface area contributed by atoms with E-state index in [0.29, 0.717) is 45.0 Å². The highest BCUT2D eigenvalue weighted by Crippen LogP contribution is 2.46. The minimum absolute atomic E-state index is 0.112. The second-order valence-corrected chi connectivity index (χ2v) is 16.7. The lowest BCUT2D eigenvalue weighted by Gasteiger charge is -2.47. The fraction of sp³-hybridized carbons (Fsp3) is 0.286. The van der Waals surface area contributed by atoms with Crippen molar-refractivity contribution in [2.75, 3.05) is 18.6 Å². The van der Waals surface area contributed by atoms with Crippen molar-refractivity contribution in [1.29, 1.82) is 0 Å². The van der Waals surface area contributed by atoms with Gasteiger partial charge in [-0.3, -0.25) is 9.59 Å². The van der Waals surface area contributed by atoms with E-state index in [1.807, 2.05) is 133 Å². The van der Waals surface area contributed by atoms with Gasteiger partial charge < -0.3 is 33.3 Å². The van der Waals surface area contributed by atoms with Crippen LogP contribution in [-0.4, -0.2) is 56.1 Å². The first-order chi connectivity index (χ1) is 32.4. The number of hydrogen-bond donors (Lipinski definition) is 0. The van der Waals surface area contributed by atoms with Crippen LogP contribution in [0.2, 0.25) is 0 Å². The standard InChI is InChI=1S/C56H56FNO8/c1-61-51(59)34-33-48-52(58(56(48)60)47-31-29-46(57)30-32-47)45-27-25-40(26-28-45)23-14-24-49-53(63-36-42-17-8-3-9-18-42)55(65-38-44-21-12-5-13-22-44)54(64-37-43-19-10-4-11-20-43)50(66-49)39-62-35-41-15-6-2-7-16-41/h2-23,25-32,48-50,52-55H,24,33-39H2,1H3/b23-14+/t48-,49+,50-,52-,53+,54-,55-/m1/s1. The number of rotatable bonds is 21. The van der Waals surface area contributed by atoms with Gasteiger partial charge in [0.05, 0.1) is 58.2 Å². The molecular weight excluding hydrogens is 834 g/mol. The van der Waals surface area contributed by atoms with E-state index in [4.69, 9.17) is 28.4 Å². The van der Waals surface area contributed by atoms with Crippen molar-refractivity contribution in [3.63, 3.8) is 0 Å². The smallest absolute Gasteiger partial charge is 0.305 e. The van der Waals surface area contributed by atoms with Gasteiger partial charge in [-0.05, 0) is 70.5 Å². The Morgan fingerprint density at radius 3 is 1.65 bits per heavy atom. The molecule has 8 rings (SSSR count). The number of nitrogens with zero attached hydrogens (tertiary/aromatic N) is 1. The van der Waals surface area contributed by atoms with Gasteiger partial charge in [-0.25, -0.2) is 4.39 Å². The van der Waals surface area contributed by atoms with Gasteiger partial charge in [0, 0.05) is 12.1 Å². The van der Waals surface area contributed by atoms with Gasteiger partial charge in [-0.2, -0.15) is 0 Å². The van der Waals surface area contributed by atoms with Crippen molar-refractivity contribution in [3.8, 4) is 0 Å². The number of β-lactam (4-membered cyclic amide) rings is 1. The summed E-state index contributed by atoms with van der Waals surface area (Å²) in [6.45, 7) is 1.74. The van der Waals surface area contributed by atoms with Gasteiger partial charge in [0.2, 0.25) is 5.91 Å². The summed E-state index contributed by atoms with van der Waals surface area (Å²) in [5.41, 5.74) is 6.62. The molecule has 0 bridgehead atoms. The van der Waals surface area contributed by atoms with Crippen LogP contribution in [0.5, 0.6) is 0 Å². The van der Waals surface area contributed by atoms with Gasteiger partial charge in [-0.1, -0.05) is 158 Å². The van der Waals surface area contributed by atoms with Gasteiger partial charge >= 0.3 is 5.97 Å². The summed E-state index contributed by atoms with van der Waals surface area (Å²) in [5, 5.41) is 0. The minimum Gasteiger partial charge on any atom is -0.469 e. The molecule has 2 aliphatic rings. The quantitative estimate of drug-likeness (QED) is 0.0521. The molecular formula is C56H56FNO8. The molecule has 2 aliphatic heterocycles. The average molecular weight is 890 g/mol. The Bertz CT molecular complexity index is 2440. The van der Waals surface area contributed by atoms with Crippen molar-refractivity contribution in [1.82, 2.24) is 0 Å². The summed E-state index contributed by atoms with van der Waals surface area (Å²) in [4.78, 5) is 27.2. The molecule has 0 unspecified atom stereocenters. The van der Waals surface area contributed by atoms with Crippen LogP contribution in [0, 0.1) is 11.7 Å². The SMILES string of the molecule is COC(=O)CC[C@H]1C(=O)N(c2ccc(F)cc2)[C@@H]1c1ccc(/C=C/C[C@@H]2O[C@H](COCc3ccccc3)[C@@H](OCc3ccccc3)[C@H](OCc3ccccc3)[C@H]2OCc2ccccc2)cc1. The summed E-state index contributed by atoms with van der Waals surface area (Å²) in [7, 11) is 1.34. The molecule has 6 aromatic carbocycles. The third-order valence-electron chi connectivity index (χ3n) is 12.1. The van der Waals surface area contributed by atoms with Crippen LogP contribution in [-0.2, 0) is 64.4 Å². The molecule has 6 aromatic rings. The van der Waals surface area contributed by atoms with Crippen LogP contribution in [0.1, 0.15) is 58.7 Å². The van der Waals surface area contributed by atoms with Crippen LogP contribution in [0.3, 0.4) is 0 Å². The van der Waals surface area contributed by atoms with Crippen LogP contribution in [0.25, 0.3) is 6.08 Å². The first-order valence-corrected chi connectivity index (χ1v) is 22.6. The Morgan fingerprint density at radius 1 is 0.621 bits per heavy atom. The Kier molecular flexibility index (Phi) is 16.3. The van der Waals surface area contributed by atoms with Crippen molar-refractivity contribution in [2.45, 2.75) is 82.3 Å². The van der Waals surface area contributed by atoms with Crippen molar-refractivity contribution < 1.29 is 42.4 Å². The molecule has 0 N–H and O–H groups in total. The Balaban J connectivity index is 1.06. The first-order valence-electron chi connectivity index (χ1n) is 22.6. The van der Waals surface area contributed by atoms with Crippen molar-refractivity contribution in [3.05, 3.63) is 215 Å². The molecule has 340 valence electrons. The number of amides is 1. The fourth-order valence-corrected chi connectivity index (χ4v) is 8.69. The molecule has 0 spiro atoms. The molecule has 2 saturated heterocycles. The zero-order valence-electron chi connectivity index (χ0n) is 37.1. The molecule has 0 saturated carbocycles. The maximum Gasteiger partial charge on any atom is 0.305 e. The van der Waals surface area contributed by atoms with Crippen LogP contribution >= 0.6 is 0 Å². The topological polar surface area (TPSA) is 92.8 Å². The average Bonchev–Trinajstić information content (AvgIpc) is 3.36. The number of methoxy groups -OCH3 is 1. The van der Waals surface area contributed by atoms with Crippen LogP contribution in [0.15, 0.2) is 176 Å². The molecule has 0 aromatic heterocycles. The molecule has 0 aliphatic carbocycles. The number of hydrogen-bond acceptors (Lipinski definition) is 8. The highest BCUT2D eigenvalue weighted by molar-refractivity contribution is 6.03. The van der Waals surface area contributed by atoms with E-state index >= 15 is 0 Å². The first kappa shape index (κ1) is 46.3. The molecule has 2 heterocycles. The normalized spacial score (nSPS) is 21.7. The molecule has 0 radical (unpaired) electrons. The monoisotopic (exact) mass is 889 g/mol. The van der Waals surface area contributed by atoms with E-state index < -0.39 is 36.4 Å². The van der Waals surface area contributed by atoms with E-state index in [-0.39, 0.29) is 36.8 Å². The van der Waals surface area contributed by atoms with E-state index in [1.165, 1.54) is 19.2 Å². The van der Waals surface area contributed by atoms with Crippen molar-refractivity contribution >= 4 is 23.6 Å². The summed E-state index contributed by atoms with van der Waals surface area (Å²) >= 11 is 0. The zero-order valence-corrected chi connectivity index (χ0v) is 37.1. The summed E-state index contributed by atoms with van der Waals surface area (Å²) < 4.78 is 52.8. The van der Waals surface area contributed by atoms with E-state index in [9.17, 15) is 14.0 Å². The zero-order chi connectivity index (χ0) is 45.5. The summed E-state index contributed by atoms with van der Waals surface area (Å²) in [5.74, 6) is -1.28. The number of esters is 1. The highest BCUT2D eigenvalue weighted by atomic mass is 19.1. The Hall–Kier alpha value is -6.27. The number of benzene rings is 6. The molecule has 7 atom stereocenters. The van der Waals surface area contributed by atoms with Crippen molar-refractivity contribution in [2.24, 2.45) is 5.92 Å². The predicted molar refractivity (Wildman–Crippen MR) is 251 cm³/mol. The van der Waals surface area contributed by atoms with E-state index in [1.54, 1.807) is 17.0 Å². The third-order valence-corrected chi connectivity index (χ3v) is 12.1. The number of ether oxygens (including phenoxy) is 6. The van der Waals surface area contributed by atoms with Gasteiger partial charge in [0.25, 0.3) is 0 Å². The molecule has 9 nitrogen and oxygen atoms in total. The van der Waals surface area contributed by atoms with Gasteiger partial charge in [-0.15, -0.1) is 0 Å². The number of carbonyl (C=O) groups is 2. The lowest BCUT2D eigenvalue weighted by atomic mass is 9.79. The predicted octanol–water partition coefficient (Wildman–Crippen LogP) is 10.6. The lowest BCUT2D eigenvalue weighted by Crippen LogP contribution is -2.61. The van der Waals surface area contributed by atoms with E-state index in [0.717, 1.165) is 33.4 Å². The Morgan fingerprint density at radius 2 is 1.12 bits per heavy atom. The van der Waals surface area contributed by atoms with Gasteiger partial charge in [0.15, 0.2) is 0 Å².